The Morgan fingerprint density at radius 2 is 1.83 bits per heavy atom. The zero-order valence-corrected chi connectivity index (χ0v) is 12.0. The molecule has 0 aromatic carbocycles. The molecular weight excluding hydrogens is 232 g/mol. The number of carbonyl (C=O) groups is 1. The molecule has 2 aliphatic rings. The molecule has 2 heterocycles. The van der Waals surface area contributed by atoms with Gasteiger partial charge in [-0.25, -0.2) is 4.79 Å². The van der Waals surface area contributed by atoms with Crippen LogP contribution in [-0.4, -0.2) is 24.0 Å². The summed E-state index contributed by atoms with van der Waals surface area (Å²) in [7, 11) is 0. The predicted molar refractivity (Wildman–Crippen MR) is 66.7 cm³/mol. The normalized spacial score (nSPS) is 31.6. The van der Waals surface area contributed by atoms with E-state index in [0.717, 1.165) is 5.76 Å². The molecule has 0 aromatic heterocycles. The minimum absolute atomic E-state index is 0.0155. The van der Waals surface area contributed by atoms with E-state index in [4.69, 9.17) is 14.2 Å². The number of rotatable bonds is 0. The van der Waals surface area contributed by atoms with Crippen LogP contribution in [0.4, 0.5) is 0 Å². The fourth-order valence-corrected chi connectivity index (χ4v) is 2.35. The molecule has 0 N–H and O–H groups in total. The highest BCUT2D eigenvalue weighted by Crippen LogP contribution is 2.40. The van der Waals surface area contributed by atoms with E-state index in [1.165, 1.54) is 0 Å². The lowest BCUT2D eigenvalue weighted by atomic mass is 9.83. The van der Waals surface area contributed by atoms with Crippen molar-refractivity contribution in [2.45, 2.75) is 66.0 Å². The molecule has 0 bridgehead atoms. The first-order valence-corrected chi connectivity index (χ1v) is 6.41. The van der Waals surface area contributed by atoms with E-state index in [1.54, 1.807) is 13.8 Å². The highest BCUT2D eigenvalue weighted by atomic mass is 16.7. The maximum absolute atomic E-state index is 12.0. The molecule has 2 aliphatic heterocycles. The van der Waals surface area contributed by atoms with Gasteiger partial charge in [-0.1, -0.05) is 20.8 Å². The van der Waals surface area contributed by atoms with Gasteiger partial charge in [0, 0.05) is 20.3 Å². The number of hydrogen-bond acceptors (Lipinski definition) is 4. The standard InChI is InChI=1S/C14H22O4/c1-8-11-9(7-10(16-8)13(2,3)4)17-14(5,6)18-12(11)15/h8,10H,7H2,1-6H3/t8-,10-/m0/s1. The second-order valence-electron chi connectivity index (χ2n) is 6.57. The Morgan fingerprint density at radius 1 is 1.22 bits per heavy atom. The van der Waals surface area contributed by atoms with Gasteiger partial charge in [-0.05, 0) is 12.3 Å². The molecule has 0 aromatic rings. The van der Waals surface area contributed by atoms with Crippen LogP contribution in [0.25, 0.3) is 0 Å². The molecule has 0 radical (unpaired) electrons. The van der Waals surface area contributed by atoms with Crippen LogP contribution >= 0.6 is 0 Å². The van der Waals surface area contributed by atoms with Gasteiger partial charge in [-0.3, -0.25) is 0 Å². The Kier molecular flexibility index (Phi) is 2.97. The molecule has 0 amide bonds. The summed E-state index contributed by atoms with van der Waals surface area (Å²) in [6, 6.07) is 0. The van der Waals surface area contributed by atoms with Gasteiger partial charge in [0.2, 0.25) is 5.79 Å². The quantitative estimate of drug-likeness (QED) is 0.623. The third-order valence-electron chi connectivity index (χ3n) is 3.34. The summed E-state index contributed by atoms with van der Waals surface area (Å²) in [6.07, 6.45) is 0.399. The van der Waals surface area contributed by atoms with E-state index < -0.39 is 5.79 Å². The van der Waals surface area contributed by atoms with Gasteiger partial charge < -0.3 is 14.2 Å². The highest BCUT2D eigenvalue weighted by Gasteiger charge is 2.44. The molecular formula is C14H22O4. The molecule has 0 saturated heterocycles. The van der Waals surface area contributed by atoms with Crippen molar-refractivity contribution in [2.75, 3.05) is 0 Å². The minimum atomic E-state index is -0.880. The summed E-state index contributed by atoms with van der Waals surface area (Å²) >= 11 is 0. The molecule has 0 unspecified atom stereocenters. The molecule has 2 atom stereocenters. The van der Waals surface area contributed by atoms with Crippen LogP contribution in [0, 0.1) is 5.41 Å². The maximum Gasteiger partial charge on any atom is 0.343 e. The molecule has 0 spiro atoms. The van der Waals surface area contributed by atoms with E-state index in [9.17, 15) is 4.79 Å². The van der Waals surface area contributed by atoms with Gasteiger partial charge >= 0.3 is 5.97 Å². The van der Waals surface area contributed by atoms with E-state index in [1.807, 2.05) is 6.92 Å². The van der Waals surface area contributed by atoms with Crippen molar-refractivity contribution in [3.63, 3.8) is 0 Å². The van der Waals surface area contributed by atoms with E-state index in [0.29, 0.717) is 12.0 Å². The van der Waals surface area contributed by atoms with Crippen molar-refractivity contribution >= 4 is 5.97 Å². The van der Waals surface area contributed by atoms with Gasteiger partial charge in [0.1, 0.15) is 11.3 Å². The number of hydrogen-bond donors (Lipinski definition) is 0. The van der Waals surface area contributed by atoms with Gasteiger partial charge in [-0.15, -0.1) is 0 Å². The number of ether oxygens (including phenoxy) is 3. The Balaban J connectivity index is 2.33. The molecule has 4 nitrogen and oxygen atoms in total. The number of esters is 1. The van der Waals surface area contributed by atoms with Gasteiger partial charge in [0.15, 0.2) is 0 Å². The molecule has 0 fully saturated rings. The number of carbonyl (C=O) groups excluding carboxylic acids is 1. The first-order chi connectivity index (χ1) is 8.10. The lowest BCUT2D eigenvalue weighted by Gasteiger charge is -2.43. The number of cyclic esters (lactones) is 1. The maximum atomic E-state index is 12.0. The monoisotopic (exact) mass is 254 g/mol. The summed E-state index contributed by atoms with van der Waals surface area (Å²) in [5.74, 6) is -0.467. The summed E-state index contributed by atoms with van der Waals surface area (Å²) in [5.41, 5.74) is 0.552. The predicted octanol–water partition coefficient (Wildman–Crippen LogP) is 2.77. The van der Waals surface area contributed by atoms with Crippen molar-refractivity contribution in [3.8, 4) is 0 Å². The van der Waals surface area contributed by atoms with Gasteiger partial charge in [0.05, 0.1) is 12.2 Å². The van der Waals surface area contributed by atoms with E-state index in [-0.39, 0.29) is 23.6 Å². The zero-order chi connectivity index (χ0) is 13.7. The Labute approximate surface area is 108 Å². The smallest absolute Gasteiger partial charge is 0.343 e. The van der Waals surface area contributed by atoms with Crippen LogP contribution in [0.3, 0.4) is 0 Å². The van der Waals surface area contributed by atoms with Crippen molar-refractivity contribution in [3.05, 3.63) is 11.3 Å². The van der Waals surface area contributed by atoms with Crippen LogP contribution in [0.2, 0.25) is 0 Å². The highest BCUT2D eigenvalue weighted by molar-refractivity contribution is 5.91. The minimum Gasteiger partial charge on any atom is -0.456 e. The summed E-state index contributed by atoms with van der Waals surface area (Å²) in [5, 5.41) is 0. The third-order valence-corrected chi connectivity index (χ3v) is 3.34. The second kappa shape index (κ2) is 3.98. The van der Waals surface area contributed by atoms with Crippen LogP contribution in [-0.2, 0) is 19.0 Å². The summed E-state index contributed by atoms with van der Waals surface area (Å²) in [6.45, 7) is 11.8. The molecule has 4 heteroatoms. The third kappa shape index (κ3) is 2.39. The second-order valence-corrected chi connectivity index (χ2v) is 6.57. The average molecular weight is 254 g/mol. The van der Waals surface area contributed by atoms with Crippen LogP contribution in [0.1, 0.15) is 48.0 Å². The molecule has 18 heavy (non-hydrogen) atoms. The van der Waals surface area contributed by atoms with Gasteiger partial charge in [0.25, 0.3) is 0 Å². The van der Waals surface area contributed by atoms with E-state index >= 15 is 0 Å². The Morgan fingerprint density at radius 3 is 2.39 bits per heavy atom. The average Bonchev–Trinajstić information content (AvgIpc) is 2.11. The Bertz CT molecular complexity index is 401. The first kappa shape index (κ1) is 13.4. The molecule has 0 aliphatic carbocycles. The molecule has 2 rings (SSSR count). The summed E-state index contributed by atoms with van der Waals surface area (Å²) in [4.78, 5) is 12.0. The van der Waals surface area contributed by atoms with Gasteiger partial charge in [-0.2, -0.15) is 0 Å². The SMILES string of the molecule is C[C@@H]1O[C@H](C(C)(C)C)CC2=C1C(=O)OC(C)(C)O2. The fraction of sp³-hybridized carbons (Fsp3) is 0.786. The molecule has 102 valence electrons. The zero-order valence-electron chi connectivity index (χ0n) is 12.0. The lowest BCUT2D eigenvalue weighted by molar-refractivity contribution is -0.219. The van der Waals surface area contributed by atoms with Crippen LogP contribution in [0.5, 0.6) is 0 Å². The summed E-state index contributed by atoms with van der Waals surface area (Å²) < 4.78 is 17.0. The van der Waals surface area contributed by atoms with Crippen LogP contribution in [0.15, 0.2) is 11.3 Å². The van der Waals surface area contributed by atoms with Crippen LogP contribution < -0.4 is 0 Å². The van der Waals surface area contributed by atoms with Crippen molar-refractivity contribution in [1.29, 1.82) is 0 Å². The van der Waals surface area contributed by atoms with Crippen molar-refractivity contribution in [1.82, 2.24) is 0 Å². The van der Waals surface area contributed by atoms with E-state index in [2.05, 4.69) is 20.8 Å². The topological polar surface area (TPSA) is 44.8 Å². The first-order valence-electron chi connectivity index (χ1n) is 6.41. The Hall–Kier alpha value is -1.03. The van der Waals surface area contributed by atoms with Crippen molar-refractivity contribution in [2.24, 2.45) is 5.41 Å². The molecule has 0 saturated carbocycles. The fourth-order valence-electron chi connectivity index (χ4n) is 2.35. The van der Waals surface area contributed by atoms with Crippen molar-refractivity contribution < 1.29 is 19.0 Å². The largest absolute Gasteiger partial charge is 0.456 e. The lowest BCUT2D eigenvalue weighted by Crippen LogP contribution is -2.46.